The fourth-order valence-corrected chi connectivity index (χ4v) is 3.34. The molecule has 1 aromatic rings. The summed E-state index contributed by atoms with van der Waals surface area (Å²) in [4.78, 5) is -0.274. The zero-order valence-corrected chi connectivity index (χ0v) is 10.7. The smallest absolute Gasteiger partial charge is 0.246 e. The predicted octanol–water partition coefficient (Wildman–Crippen LogP) is 0.969. The highest BCUT2D eigenvalue weighted by Crippen LogP contribution is 2.22. The average Bonchev–Trinajstić information content (AvgIpc) is 2.66. The molecule has 4 nitrogen and oxygen atoms in total. The molecule has 7 heteroatoms. The molecule has 0 amide bonds. The summed E-state index contributed by atoms with van der Waals surface area (Å²) in [7, 11) is -3.72. The number of hydrogen-bond acceptors (Lipinski definition) is 3. The normalized spacial score (nSPS) is 21.2. The van der Waals surface area contributed by atoms with Crippen LogP contribution in [-0.2, 0) is 10.0 Å². The van der Waals surface area contributed by atoms with Crippen LogP contribution in [0.5, 0.6) is 0 Å². The number of sulfonamides is 1. The molecule has 0 unspecified atom stereocenters. The number of nitrogens with zero attached hydrogens (tertiary/aromatic N) is 1. The minimum Gasteiger partial charge on any atom is -0.326 e. The van der Waals surface area contributed by atoms with Gasteiger partial charge in [0.1, 0.15) is 10.7 Å². The summed E-state index contributed by atoms with van der Waals surface area (Å²) in [5.41, 5.74) is 5.64. The van der Waals surface area contributed by atoms with Crippen LogP contribution in [0.3, 0.4) is 0 Å². The number of halogens is 2. The molecular formula is C10H14ClFN2O2S. The number of nitrogens with two attached hydrogens (primary N) is 1. The average molecular weight is 281 g/mol. The fourth-order valence-electron chi connectivity index (χ4n) is 1.77. The monoisotopic (exact) mass is 280 g/mol. The van der Waals surface area contributed by atoms with Crippen LogP contribution < -0.4 is 5.73 Å². The molecule has 17 heavy (non-hydrogen) atoms. The number of rotatable bonds is 2. The maximum absolute atomic E-state index is 13.4. The van der Waals surface area contributed by atoms with Gasteiger partial charge in [-0.1, -0.05) is 12.1 Å². The van der Waals surface area contributed by atoms with Crippen molar-refractivity contribution in [2.75, 3.05) is 13.1 Å². The van der Waals surface area contributed by atoms with Gasteiger partial charge in [0, 0.05) is 19.1 Å². The molecule has 0 bridgehead atoms. The van der Waals surface area contributed by atoms with Gasteiger partial charge in [0.15, 0.2) is 0 Å². The largest absolute Gasteiger partial charge is 0.326 e. The van der Waals surface area contributed by atoms with Crippen molar-refractivity contribution in [3.63, 3.8) is 0 Å². The Balaban J connectivity index is 0.00000144. The molecular weight excluding hydrogens is 267 g/mol. The van der Waals surface area contributed by atoms with Gasteiger partial charge in [0.25, 0.3) is 0 Å². The van der Waals surface area contributed by atoms with Gasteiger partial charge in [-0.25, -0.2) is 12.8 Å². The van der Waals surface area contributed by atoms with Crippen LogP contribution in [0.15, 0.2) is 29.2 Å². The zero-order chi connectivity index (χ0) is 11.8. The van der Waals surface area contributed by atoms with Gasteiger partial charge in [0.2, 0.25) is 10.0 Å². The Morgan fingerprint density at radius 2 is 2.00 bits per heavy atom. The fraction of sp³-hybridized carbons (Fsp3) is 0.400. The summed E-state index contributed by atoms with van der Waals surface area (Å²) in [6.45, 7) is 0.620. The van der Waals surface area contributed by atoms with Crippen molar-refractivity contribution >= 4 is 22.4 Å². The summed E-state index contributed by atoms with van der Waals surface area (Å²) < 4.78 is 38.7. The quantitative estimate of drug-likeness (QED) is 0.878. The van der Waals surface area contributed by atoms with Crippen LogP contribution in [0.1, 0.15) is 6.42 Å². The maximum atomic E-state index is 13.4. The standard InChI is InChI=1S/C10H13FN2O2S.ClH/c11-9-3-1-2-4-10(9)16(14,15)13-6-5-8(12)7-13;/h1-4,8H,5-7,12H2;1H/t8-;/m1./s1. The van der Waals surface area contributed by atoms with Crippen molar-refractivity contribution in [1.82, 2.24) is 4.31 Å². The third-order valence-electron chi connectivity index (χ3n) is 2.64. The summed E-state index contributed by atoms with van der Waals surface area (Å²) in [5, 5.41) is 0. The van der Waals surface area contributed by atoms with E-state index in [1.165, 1.54) is 22.5 Å². The first kappa shape index (κ1) is 14.4. The first-order chi connectivity index (χ1) is 7.51. The molecule has 0 saturated carbocycles. The van der Waals surface area contributed by atoms with Gasteiger partial charge in [-0.2, -0.15) is 4.31 Å². The Morgan fingerprint density at radius 3 is 2.53 bits per heavy atom. The van der Waals surface area contributed by atoms with Gasteiger partial charge in [-0.15, -0.1) is 12.4 Å². The molecule has 1 fully saturated rings. The summed E-state index contributed by atoms with van der Waals surface area (Å²) in [6.07, 6.45) is 0.619. The van der Waals surface area contributed by atoms with Crippen molar-refractivity contribution < 1.29 is 12.8 Å². The predicted molar refractivity (Wildman–Crippen MR) is 65.0 cm³/mol. The third-order valence-corrected chi connectivity index (χ3v) is 4.54. The molecule has 1 aliphatic heterocycles. The van der Waals surface area contributed by atoms with Crippen LogP contribution in [0.2, 0.25) is 0 Å². The molecule has 0 aromatic heterocycles. The topological polar surface area (TPSA) is 63.4 Å². The first-order valence-corrected chi connectivity index (χ1v) is 6.46. The van der Waals surface area contributed by atoms with Crippen molar-refractivity contribution in [3.05, 3.63) is 30.1 Å². The number of benzene rings is 1. The van der Waals surface area contributed by atoms with Crippen LogP contribution >= 0.6 is 12.4 Å². The lowest BCUT2D eigenvalue weighted by Crippen LogP contribution is -2.32. The van der Waals surface area contributed by atoms with Crippen molar-refractivity contribution in [2.45, 2.75) is 17.4 Å². The van der Waals surface area contributed by atoms with Gasteiger partial charge >= 0.3 is 0 Å². The Kier molecular flexibility index (Phi) is 4.48. The lowest BCUT2D eigenvalue weighted by molar-refractivity contribution is 0.465. The molecule has 1 aliphatic rings. The maximum Gasteiger partial charge on any atom is 0.246 e. The molecule has 2 N–H and O–H groups in total. The lowest BCUT2D eigenvalue weighted by atomic mass is 10.3. The second-order valence-corrected chi connectivity index (χ2v) is 5.75. The minimum atomic E-state index is -3.72. The van der Waals surface area contributed by atoms with E-state index >= 15 is 0 Å². The summed E-state index contributed by atoms with van der Waals surface area (Å²) in [5.74, 6) is -0.719. The van der Waals surface area contributed by atoms with Gasteiger partial charge in [-0.05, 0) is 18.6 Å². The van der Waals surface area contributed by atoms with Gasteiger partial charge < -0.3 is 5.73 Å². The van der Waals surface area contributed by atoms with Crippen LogP contribution in [0.4, 0.5) is 4.39 Å². The third kappa shape index (κ3) is 2.77. The Labute approximate surface area is 106 Å². The van der Waals surface area contributed by atoms with E-state index in [4.69, 9.17) is 5.73 Å². The molecule has 1 atom stereocenters. The first-order valence-electron chi connectivity index (χ1n) is 5.02. The summed E-state index contributed by atoms with van der Waals surface area (Å²) in [6, 6.07) is 5.23. The number of hydrogen-bond donors (Lipinski definition) is 1. The molecule has 0 spiro atoms. The van der Waals surface area contributed by atoms with E-state index in [-0.39, 0.29) is 29.9 Å². The second kappa shape index (κ2) is 5.30. The highest BCUT2D eigenvalue weighted by molar-refractivity contribution is 7.89. The zero-order valence-electron chi connectivity index (χ0n) is 9.04. The van der Waals surface area contributed by atoms with E-state index in [9.17, 15) is 12.8 Å². The SMILES string of the molecule is Cl.N[C@@H]1CCN(S(=O)(=O)c2ccccc2F)C1. The molecule has 1 heterocycles. The highest BCUT2D eigenvalue weighted by Gasteiger charge is 2.32. The molecule has 2 rings (SSSR count). The highest BCUT2D eigenvalue weighted by atomic mass is 35.5. The Morgan fingerprint density at radius 1 is 1.35 bits per heavy atom. The second-order valence-electron chi connectivity index (χ2n) is 3.84. The van der Waals surface area contributed by atoms with E-state index in [1.807, 2.05) is 0 Å². The Bertz CT molecular complexity index is 495. The van der Waals surface area contributed by atoms with Crippen molar-refractivity contribution in [1.29, 1.82) is 0 Å². The molecule has 96 valence electrons. The van der Waals surface area contributed by atoms with Gasteiger partial charge in [0.05, 0.1) is 0 Å². The van der Waals surface area contributed by atoms with Crippen LogP contribution in [0, 0.1) is 5.82 Å². The molecule has 0 aliphatic carbocycles. The molecule has 1 aromatic carbocycles. The van der Waals surface area contributed by atoms with Gasteiger partial charge in [-0.3, -0.25) is 0 Å². The van der Waals surface area contributed by atoms with Crippen molar-refractivity contribution in [2.24, 2.45) is 5.73 Å². The minimum absolute atomic E-state index is 0. The van der Waals surface area contributed by atoms with Crippen LogP contribution in [-0.4, -0.2) is 31.9 Å². The van der Waals surface area contributed by atoms with E-state index in [2.05, 4.69) is 0 Å². The van der Waals surface area contributed by atoms with Crippen molar-refractivity contribution in [3.8, 4) is 0 Å². The van der Waals surface area contributed by atoms with E-state index < -0.39 is 15.8 Å². The molecule has 0 radical (unpaired) electrons. The van der Waals surface area contributed by atoms with Crippen LogP contribution in [0.25, 0.3) is 0 Å². The lowest BCUT2D eigenvalue weighted by Gasteiger charge is -2.16. The summed E-state index contributed by atoms with van der Waals surface area (Å²) >= 11 is 0. The molecule has 1 saturated heterocycles. The van der Waals surface area contributed by atoms with E-state index in [0.717, 1.165) is 6.07 Å². The Hall–Kier alpha value is -0.690. The van der Waals surface area contributed by atoms with E-state index in [1.54, 1.807) is 0 Å². The van der Waals surface area contributed by atoms with E-state index in [0.29, 0.717) is 13.0 Å².